The first-order chi connectivity index (χ1) is 16.0. The largest absolute Gasteiger partial charge is 0.481 e. The van der Waals surface area contributed by atoms with Crippen molar-refractivity contribution in [3.8, 4) is 0 Å². The Bertz CT molecular complexity index is 825. The van der Waals surface area contributed by atoms with Gasteiger partial charge in [-0.25, -0.2) is 0 Å². The fraction of sp³-hybridized carbons (Fsp3) is 0.769. The number of carboxylic acids is 1. The summed E-state index contributed by atoms with van der Waals surface area (Å²) in [6.07, 6.45) is -0.501. The van der Waals surface area contributed by atoms with Crippen molar-refractivity contribution >= 4 is 11.9 Å². The summed E-state index contributed by atoms with van der Waals surface area (Å²) >= 11 is 0. The highest BCUT2D eigenvalue weighted by atomic mass is 16.5. The minimum absolute atomic E-state index is 0.186. The van der Waals surface area contributed by atoms with E-state index in [1.807, 2.05) is 6.92 Å². The molecule has 0 aromatic carbocycles. The molecule has 0 heterocycles. The lowest BCUT2D eigenvalue weighted by atomic mass is 9.67. The lowest BCUT2D eigenvalue weighted by Crippen LogP contribution is -2.43. The molecule has 0 amide bonds. The number of esters is 1. The molecule has 9 heteroatoms. The van der Waals surface area contributed by atoms with Crippen molar-refractivity contribution in [3.63, 3.8) is 0 Å². The predicted octanol–water partition coefficient (Wildman–Crippen LogP) is 1.70. The van der Waals surface area contributed by atoms with Crippen molar-refractivity contribution in [1.82, 2.24) is 0 Å². The molecule has 35 heavy (non-hydrogen) atoms. The maximum absolute atomic E-state index is 12.3. The number of hydrogen-bond donors (Lipinski definition) is 6. The van der Waals surface area contributed by atoms with Crippen LogP contribution in [0.25, 0.3) is 0 Å². The highest BCUT2D eigenvalue weighted by molar-refractivity contribution is 5.73. The SMILES string of the molecule is C=C1[C@@H](O)CC/C(COC(=O)CC(C)(O)CC(=O)O)=C\[C@H](O)[C@@]2(C)CC[C@@H](C(C)(C)O)[C@@H]2C[C@@H]1O. The Morgan fingerprint density at radius 3 is 2.31 bits per heavy atom. The van der Waals surface area contributed by atoms with Gasteiger partial charge in [-0.3, -0.25) is 9.59 Å². The first-order valence-electron chi connectivity index (χ1n) is 12.2. The number of fused-ring (bicyclic) bond motifs is 1. The van der Waals surface area contributed by atoms with E-state index in [0.717, 1.165) is 0 Å². The summed E-state index contributed by atoms with van der Waals surface area (Å²) in [6.45, 7) is 10.3. The van der Waals surface area contributed by atoms with Gasteiger partial charge in [-0.15, -0.1) is 0 Å². The molecule has 1 unspecified atom stereocenters. The molecule has 0 saturated heterocycles. The van der Waals surface area contributed by atoms with Crippen LogP contribution in [0.4, 0.5) is 0 Å². The van der Waals surface area contributed by atoms with E-state index in [0.29, 0.717) is 18.4 Å². The maximum atomic E-state index is 12.3. The molecule has 0 spiro atoms. The van der Waals surface area contributed by atoms with Crippen molar-refractivity contribution in [2.24, 2.45) is 17.3 Å². The van der Waals surface area contributed by atoms with E-state index in [1.165, 1.54) is 6.92 Å². The van der Waals surface area contributed by atoms with E-state index in [9.17, 15) is 35.1 Å². The summed E-state index contributed by atoms with van der Waals surface area (Å²) in [6, 6.07) is 0. The van der Waals surface area contributed by atoms with Crippen LogP contribution in [0, 0.1) is 17.3 Å². The Balaban J connectivity index is 2.28. The van der Waals surface area contributed by atoms with Crippen LogP contribution in [-0.4, -0.2) is 78.7 Å². The van der Waals surface area contributed by atoms with E-state index in [1.54, 1.807) is 19.9 Å². The summed E-state index contributed by atoms with van der Waals surface area (Å²) < 4.78 is 5.29. The molecule has 6 N–H and O–H groups in total. The van der Waals surface area contributed by atoms with Gasteiger partial charge in [0.25, 0.3) is 0 Å². The van der Waals surface area contributed by atoms with Crippen molar-refractivity contribution in [1.29, 1.82) is 0 Å². The molecule has 0 aromatic rings. The Morgan fingerprint density at radius 1 is 1.11 bits per heavy atom. The van der Waals surface area contributed by atoms with Crippen LogP contribution in [0.5, 0.6) is 0 Å². The zero-order chi connectivity index (χ0) is 26.8. The molecule has 0 bridgehead atoms. The second kappa shape index (κ2) is 11.1. The van der Waals surface area contributed by atoms with Crippen LogP contribution >= 0.6 is 0 Å². The zero-order valence-electron chi connectivity index (χ0n) is 21.2. The molecular formula is C26H42O9. The normalized spacial score (nSPS) is 35.7. The van der Waals surface area contributed by atoms with Crippen LogP contribution < -0.4 is 0 Å². The number of carbonyl (C=O) groups excluding carboxylic acids is 1. The Hall–Kier alpha value is -1.78. The van der Waals surface area contributed by atoms with E-state index in [4.69, 9.17) is 9.84 Å². The molecule has 2 rings (SSSR count). The fourth-order valence-electron chi connectivity index (χ4n) is 5.62. The summed E-state index contributed by atoms with van der Waals surface area (Å²) in [5.41, 5.74) is -2.64. The van der Waals surface area contributed by atoms with E-state index < -0.39 is 59.7 Å². The average molecular weight is 499 g/mol. The van der Waals surface area contributed by atoms with Gasteiger partial charge in [0.2, 0.25) is 0 Å². The van der Waals surface area contributed by atoms with Crippen LogP contribution in [0.15, 0.2) is 23.8 Å². The number of ether oxygens (including phenoxy) is 1. The molecule has 0 radical (unpaired) electrons. The van der Waals surface area contributed by atoms with Gasteiger partial charge in [0.15, 0.2) is 0 Å². The van der Waals surface area contributed by atoms with E-state index in [2.05, 4.69) is 6.58 Å². The predicted molar refractivity (Wildman–Crippen MR) is 128 cm³/mol. The van der Waals surface area contributed by atoms with Crippen molar-refractivity contribution in [2.45, 2.75) is 102 Å². The molecule has 9 nitrogen and oxygen atoms in total. The third-order valence-corrected chi connectivity index (χ3v) is 7.85. The highest BCUT2D eigenvalue weighted by Gasteiger charge is 2.53. The highest BCUT2D eigenvalue weighted by Crippen LogP contribution is 2.55. The van der Waals surface area contributed by atoms with Crippen molar-refractivity contribution in [3.05, 3.63) is 23.8 Å². The summed E-state index contributed by atoms with van der Waals surface area (Å²) in [5.74, 6) is -2.47. The Kier molecular flexibility index (Phi) is 9.33. The van der Waals surface area contributed by atoms with E-state index >= 15 is 0 Å². The standard InChI is InChI=1S/C26H42O9/c1-15-19(27)7-6-16(14-35-23(32)13-25(4,34)12-22(30)31)10-21(29)26(5)9-8-17(24(2,3)33)18(26)11-20(15)28/h10,17-21,27-29,33-34H,1,6-9,11-14H2,2-5H3,(H,30,31)/b16-10+/t17-,18+,19+,20+,21+,25?,26+/m1/s1. The topological polar surface area (TPSA) is 165 Å². The maximum Gasteiger partial charge on any atom is 0.309 e. The lowest BCUT2D eigenvalue weighted by molar-refractivity contribution is -0.151. The Morgan fingerprint density at radius 2 is 1.74 bits per heavy atom. The molecule has 2 aliphatic carbocycles. The average Bonchev–Trinajstić information content (AvgIpc) is 3.04. The van der Waals surface area contributed by atoms with Gasteiger partial charge in [-0.1, -0.05) is 19.6 Å². The van der Waals surface area contributed by atoms with Crippen LogP contribution in [0.3, 0.4) is 0 Å². The number of aliphatic hydroxyl groups excluding tert-OH is 3. The third-order valence-electron chi connectivity index (χ3n) is 7.85. The molecular weight excluding hydrogens is 456 g/mol. The van der Waals surface area contributed by atoms with Crippen molar-refractivity contribution < 1.29 is 45.0 Å². The second-order valence-corrected chi connectivity index (χ2v) is 11.5. The van der Waals surface area contributed by atoms with Gasteiger partial charge in [-0.05, 0) is 75.9 Å². The minimum atomic E-state index is -1.76. The number of carboxylic acid groups (broad SMARTS) is 1. The van der Waals surface area contributed by atoms with E-state index in [-0.39, 0.29) is 43.3 Å². The Labute approximate surface area is 207 Å². The first-order valence-corrected chi connectivity index (χ1v) is 12.2. The monoisotopic (exact) mass is 498 g/mol. The summed E-state index contributed by atoms with van der Waals surface area (Å²) in [5, 5.41) is 62.5. The molecule has 0 aliphatic heterocycles. The smallest absolute Gasteiger partial charge is 0.309 e. The molecule has 1 saturated carbocycles. The zero-order valence-corrected chi connectivity index (χ0v) is 21.2. The molecule has 200 valence electrons. The molecule has 1 fully saturated rings. The van der Waals surface area contributed by atoms with Crippen LogP contribution in [0.2, 0.25) is 0 Å². The van der Waals surface area contributed by atoms with Gasteiger partial charge in [-0.2, -0.15) is 0 Å². The molecule has 0 aromatic heterocycles. The van der Waals surface area contributed by atoms with Gasteiger partial charge in [0.1, 0.15) is 6.61 Å². The quantitative estimate of drug-likeness (QED) is 0.226. The summed E-state index contributed by atoms with van der Waals surface area (Å²) in [7, 11) is 0. The second-order valence-electron chi connectivity index (χ2n) is 11.5. The summed E-state index contributed by atoms with van der Waals surface area (Å²) in [4.78, 5) is 23.1. The lowest BCUT2D eigenvalue weighted by Gasteiger charge is -2.41. The number of carbonyl (C=O) groups is 2. The van der Waals surface area contributed by atoms with Crippen LogP contribution in [0.1, 0.15) is 72.6 Å². The van der Waals surface area contributed by atoms with Crippen molar-refractivity contribution in [2.75, 3.05) is 6.61 Å². The van der Waals surface area contributed by atoms with Gasteiger partial charge in [0, 0.05) is 5.41 Å². The fourth-order valence-corrected chi connectivity index (χ4v) is 5.62. The van der Waals surface area contributed by atoms with Gasteiger partial charge < -0.3 is 35.4 Å². The number of aliphatic hydroxyl groups is 5. The number of hydrogen-bond acceptors (Lipinski definition) is 8. The van der Waals surface area contributed by atoms with Gasteiger partial charge in [0.05, 0.1) is 42.4 Å². The molecule has 7 atom stereocenters. The van der Waals surface area contributed by atoms with Gasteiger partial charge >= 0.3 is 11.9 Å². The number of aliphatic carboxylic acids is 1. The first kappa shape index (κ1) is 29.5. The minimum Gasteiger partial charge on any atom is -0.481 e. The van der Waals surface area contributed by atoms with Crippen LogP contribution in [-0.2, 0) is 14.3 Å². The third kappa shape index (κ3) is 7.60. The molecule has 2 aliphatic rings. The number of rotatable bonds is 7.